The van der Waals surface area contributed by atoms with E-state index in [1.165, 1.54) is 6.42 Å². The summed E-state index contributed by atoms with van der Waals surface area (Å²) in [6, 6.07) is 0. The number of rotatable bonds is 0. The largest absolute Gasteiger partial charge is 0.386 e. The standard InChI is InChI=1S/C8H14O/c1-7-5-3-4-6-8(7,2)9/h9H,1,3-6H2,2H3. The van der Waals surface area contributed by atoms with Gasteiger partial charge in [0.05, 0.1) is 5.60 Å². The van der Waals surface area contributed by atoms with E-state index in [4.69, 9.17) is 0 Å². The number of aliphatic hydroxyl groups is 1. The van der Waals surface area contributed by atoms with Crippen molar-refractivity contribution in [3.8, 4) is 0 Å². The van der Waals surface area contributed by atoms with Crippen molar-refractivity contribution < 1.29 is 5.11 Å². The summed E-state index contributed by atoms with van der Waals surface area (Å²) in [6.45, 7) is 5.67. The molecule has 0 aromatic rings. The molecular weight excluding hydrogens is 112 g/mol. The van der Waals surface area contributed by atoms with Gasteiger partial charge in [-0.25, -0.2) is 0 Å². The molecule has 0 amide bonds. The Labute approximate surface area is 56.4 Å². The molecule has 0 spiro atoms. The average Bonchev–Trinajstić information content (AvgIpc) is 1.77. The van der Waals surface area contributed by atoms with Gasteiger partial charge in [0.1, 0.15) is 0 Å². The smallest absolute Gasteiger partial charge is 0.0826 e. The first-order chi connectivity index (χ1) is 4.13. The second-order valence-electron chi connectivity index (χ2n) is 3.08. The molecule has 1 rings (SSSR count). The van der Waals surface area contributed by atoms with Gasteiger partial charge in [-0.15, -0.1) is 0 Å². The van der Waals surface area contributed by atoms with Crippen LogP contribution in [0, 0.1) is 0 Å². The minimum absolute atomic E-state index is 0.557. The SMILES string of the molecule is C=C1CCCCC1(C)O. The highest BCUT2D eigenvalue weighted by molar-refractivity contribution is 5.12. The van der Waals surface area contributed by atoms with E-state index in [2.05, 4.69) is 6.58 Å². The van der Waals surface area contributed by atoms with Crippen molar-refractivity contribution in [2.75, 3.05) is 0 Å². The van der Waals surface area contributed by atoms with E-state index >= 15 is 0 Å². The van der Waals surface area contributed by atoms with E-state index in [1.807, 2.05) is 6.92 Å². The third-order valence-electron chi connectivity index (χ3n) is 2.15. The van der Waals surface area contributed by atoms with Gasteiger partial charge in [-0.1, -0.05) is 6.58 Å². The molecule has 1 aliphatic rings. The summed E-state index contributed by atoms with van der Waals surface area (Å²) in [5, 5.41) is 9.54. The summed E-state index contributed by atoms with van der Waals surface area (Å²) >= 11 is 0. The van der Waals surface area contributed by atoms with Crippen LogP contribution >= 0.6 is 0 Å². The molecule has 0 aromatic heterocycles. The highest BCUT2D eigenvalue weighted by Gasteiger charge is 2.26. The maximum Gasteiger partial charge on any atom is 0.0826 e. The fourth-order valence-corrected chi connectivity index (χ4v) is 1.25. The predicted molar refractivity (Wildman–Crippen MR) is 38.2 cm³/mol. The highest BCUT2D eigenvalue weighted by Crippen LogP contribution is 2.30. The molecule has 1 unspecified atom stereocenters. The zero-order chi connectivity index (χ0) is 6.91. The second kappa shape index (κ2) is 2.14. The third-order valence-corrected chi connectivity index (χ3v) is 2.15. The first-order valence-electron chi connectivity index (χ1n) is 3.53. The van der Waals surface area contributed by atoms with Crippen LogP contribution in [-0.4, -0.2) is 10.7 Å². The molecule has 1 heteroatoms. The molecule has 1 atom stereocenters. The normalized spacial score (nSPS) is 36.9. The molecule has 1 fully saturated rings. The summed E-state index contributed by atoms with van der Waals surface area (Å²) in [6.07, 6.45) is 4.25. The van der Waals surface area contributed by atoms with Crippen molar-refractivity contribution in [2.45, 2.75) is 38.2 Å². The minimum Gasteiger partial charge on any atom is -0.386 e. The zero-order valence-electron chi connectivity index (χ0n) is 5.98. The fraction of sp³-hybridized carbons (Fsp3) is 0.750. The van der Waals surface area contributed by atoms with Crippen molar-refractivity contribution in [1.29, 1.82) is 0 Å². The molecule has 0 aliphatic heterocycles. The van der Waals surface area contributed by atoms with Crippen molar-refractivity contribution in [1.82, 2.24) is 0 Å². The molecule has 0 aromatic carbocycles. The van der Waals surface area contributed by atoms with Crippen LogP contribution in [0.5, 0.6) is 0 Å². The number of hydrogen-bond donors (Lipinski definition) is 1. The van der Waals surface area contributed by atoms with Crippen molar-refractivity contribution in [3.05, 3.63) is 12.2 Å². The third kappa shape index (κ3) is 1.33. The summed E-state index contributed by atoms with van der Waals surface area (Å²) < 4.78 is 0. The van der Waals surface area contributed by atoms with Gasteiger partial charge in [0, 0.05) is 0 Å². The minimum atomic E-state index is -0.557. The lowest BCUT2D eigenvalue weighted by molar-refractivity contribution is 0.0714. The van der Waals surface area contributed by atoms with E-state index < -0.39 is 5.60 Å². The van der Waals surface area contributed by atoms with E-state index in [-0.39, 0.29) is 0 Å². The molecule has 1 saturated carbocycles. The van der Waals surface area contributed by atoms with Crippen LogP contribution in [0.2, 0.25) is 0 Å². The van der Waals surface area contributed by atoms with E-state index in [9.17, 15) is 5.11 Å². The second-order valence-corrected chi connectivity index (χ2v) is 3.08. The summed E-state index contributed by atoms with van der Waals surface area (Å²) in [4.78, 5) is 0. The van der Waals surface area contributed by atoms with E-state index in [0.29, 0.717) is 0 Å². The molecular formula is C8H14O. The Hall–Kier alpha value is -0.300. The van der Waals surface area contributed by atoms with Crippen LogP contribution in [0.3, 0.4) is 0 Å². The van der Waals surface area contributed by atoms with Gasteiger partial charge in [-0.05, 0) is 38.2 Å². The van der Waals surface area contributed by atoms with Crippen molar-refractivity contribution in [3.63, 3.8) is 0 Å². The Morgan fingerprint density at radius 3 is 2.56 bits per heavy atom. The van der Waals surface area contributed by atoms with Gasteiger partial charge in [0.2, 0.25) is 0 Å². The van der Waals surface area contributed by atoms with E-state index in [0.717, 1.165) is 24.8 Å². The van der Waals surface area contributed by atoms with Gasteiger partial charge in [-0.2, -0.15) is 0 Å². The lowest BCUT2D eigenvalue weighted by atomic mass is 9.83. The van der Waals surface area contributed by atoms with Gasteiger partial charge in [0.25, 0.3) is 0 Å². The van der Waals surface area contributed by atoms with Crippen LogP contribution in [0.15, 0.2) is 12.2 Å². The molecule has 1 aliphatic carbocycles. The Balaban J connectivity index is 2.60. The Morgan fingerprint density at radius 1 is 1.56 bits per heavy atom. The van der Waals surface area contributed by atoms with Crippen molar-refractivity contribution >= 4 is 0 Å². The van der Waals surface area contributed by atoms with Gasteiger partial charge >= 0.3 is 0 Å². The van der Waals surface area contributed by atoms with Gasteiger partial charge in [-0.3, -0.25) is 0 Å². The summed E-state index contributed by atoms with van der Waals surface area (Å²) in [7, 11) is 0. The molecule has 0 heterocycles. The maximum atomic E-state index is 9.54. The molecule has 1 N–H and O–H groups in total. The Morgan fingerprint density at radius 2 is 2.22 bits per heavy atom. The molecule has 9 heavy (non-hydrogen) atoms. The molecule has 0 bridgehead atoms. The van der Waals surface area contributed by atoms with Gasteiger partial charge < -0.3 is 5.11 Å². The molecule has 1 nitrogen and oxygen atoms in total. The van der Waals surface area contributed by atoms with Crippen LogP contribution in [-0.2, 0) is 0 Å². The summed E-state index contributed by atoms with van der Waals surface area (Å²) in [5.74, 6) is 0. The Kier molecular flexibility index (Phi) is 1.62. The average molecular weight is 126 g/mol. The van der Waals surface area contributed by atoms with Crippen molar-refractivity contribution in [2.24, 2.45) is 0 Å². The quantitative estimate of drug-likeness (QED) is 0.491. The first-order valence-corrected chi connectivity index (χ1v) is 3.53. The lowest BCUT2D eigenvalue weighted by Crippen LogP contribution is -2.29. The van der Waals surface area contributed by atoms with Crippen LogP contribution in [0.1, 0.15) is 32.6 Å². The fourth-order valence-electron chi connectivity index (χ4n) is 1.25. The molecule has 0 saturated heterocycles. The highest BCUT2D eigenvalue weighted by atomic mass is 16.3. The van der Waals surface area contributed by atoms with Gasteiger partial charge in [0.15, 0.2) is 0 Å². The summed E-state index contributed by atoms with van der Waals surface area (Å²) in [5.41, 5.74) is 0.451. The molecule has 52 valence electrons. The maximum absolute atomic E-state index is 9.54. The molecule has 0 radical (unpaired) electrons. The Bertz CT molecular complexity index is 125. The first kappa shape index (κ1) is 6.81. The number of hydrogen-bond acceptors (Lipinski definition) is 1. The topological polar surface area (TPSA) is 20.2 Å². The monoisotopic (exact) mass is 126 g/mol. The predicted octanol–water partition coefficient (Wildman–Crippen LogP) is 1.87. The van der Waals surface area contributed by atoms with Crippen LogP contribution < -0.4 is 0 Å². The zero-order valence-corrected chi connectivity index (χ0v) is 5.98. The van der Waals surface area contributed by atoms with Crippen LogP contribution in [0.4, 0.5) is 0 Å². The van der Waals surface area contributed by atoms with E-state index in [1.54, 1.807) is 0 Å². The lowest BCUT2D eigenvalue weighted by Gasteiger charge is -2.30. The van der Waals surface area contributed by atoms with Crippen LogP contribution in [0.25, 0.3) is 0 Å².